The fourth-order valence-electron chi connectivity index (χ4n) is 2.33. The van der Waals surface area contributed by atoms with Crippen LogP contribution in [0.3, 0.4) is 0 Å². The highest BCUT2D eigenvalue weighted by Crippen LogP contribution is 2.23. The Kier molecular flexibility index (Phi) is 7.51. The van der Waals surface area contributed by atoms with Gasteiger partial charge in [-0.3, -0.25) is 0 Å². The number of nitrogens with zero attached hydrogens (tertiary/aromatic N) is 5. The molecule has 140 valence electrons. The van der Waals surface area contributed by atoms with Crippen LogP contribution in [0.5, 0.6) is 0 Å². The van der Waals surface area contributed by atoms with Crippen LogP contribution in [0.2, 0.25) is 0 Å². The van der Waals surface area contributed by atoms with Gasteiger partial charge in [0.25, 0.3) is 0 Å². The first-order valence-electron chi connectivity index (χ1n) is 8.73. The lowest BCUT2D eigenvalue weighted by atomic mass is 9.90. The van der Waals surface area contributed by atoms with E-state index in [2.05, 4.69) is 67.5 Å². The van der Waals surface area contributed by atoms with Crippen molar-refractivity contribution in [3.8, 4) is 6.07 Å². The molecule has 0 aliphatic rings. The first-order chi connectivity index (χ1) is 12.1. The standard InChI is InChI=1S/C9H13N3.C7H7N3.C4H10/c1-9(2,3)8-7(5-10)11-6-12(8)4;1-5-2-6-7(8-3-5)10-4-9-6;1-4(2)3/h6H,1-4H3;2-4H,1H3,(H,8,9,10);4H,1-3H3. The topological polar surface area (TPSA) is 83.2 Å². The lowest BCUT2D eigenvalue weighted by molar-refractivity contribution is 0.541. The molecule has 0 bridgehead atoms. The van der Waals surface area contributed by atoms with Crippen LogP contribution in [0.4, 0.5) is 0 Å². The van der Waals surface area contributed by atoms with Crippen LogP contribution < -0.4 is 0 Å². The lowest BCUT2D eigenvalue weighted by Gasteiger charge is -2.19. The molecule has 0 radical (unpaired) electrons. The van der Waals surface area contributed by atoms with E-state index >= 15 is 0 Å². The predicted octanol–water partition coefficient (Wildman–Crippen LogP) is 4.52. The van der Waals surface area contributed by atoms with Crippen LogP contribution in [0, 0.1) is 24.2 Å². The number of hydrogen-bond acceptors (Lipinski definition) is 4. The average molecular weight is 355 g/mol. The molecule has 0 spiro atoms. The second kappa shape index (κ2) is 9.14. The molecule has 3 rings (SSSR count). The summed E-state index contributed by atoms with van der Waals surface area (Å²) in [6.45, 7) is 14.7. The van der Waals surface area contributed by atoms with E-state index in [0.717, 1.165) is 28.3 Å². The lowest BCUT2D eigenvalue weighted by Crippen LogP contribution is -2.17. The maximum atomic E-state index is 8.77. The largest absolute Gasteiger partial charge is 0.343 e. The molecule has 26 heavy (non-hydrogen) atoms. The number of hydrogen-bond donors (Lipinski definition) is 1. The summed E-state index contributed by atoms with van der Waals surface area (Å²) in [7, 11) is 1.91. The maximum Gasteiger partial charge on any atom is 0.177 e. The van der Waals surface area contributed by atoms with E-state index in [4.69, 9.17) is 5.26 Å². The molecule has 0 saturated heterocycles. The molecule has 0 aliphatic carbocycles. The molecule has 1 N–H and O–H groups in total. The molecule has 0 aliphatic heterocycles. The van der Waals surface area contributed by atoms with Gasteiger partial charge in [-0.05, 0) is 24.5 Å². The van der Waals surface area contributed by atoms with Crippen LogP contribution in [0.25, 0.3) is 11.2 Å². The first-order valence-corrected chi connectivity index (χ1v) is 8.73. The molecular weight excluding hydrogens is 324 g/mol. The Morgan fingerprint density at radius 3 is 2.27 bits per heavy atom. The van der Waals surface area contributed by atoms with E-state index < -0.39 is 0 Å². The molecule has 0 atom stereocenters. The zero-order chi connectivity index (χ0) is 19.9. The number of aromatic nitrogens is 5. The SMILES string of the molecule is CC(C)C.Cc1cnc2nc[nH]c2c1.Cn1cnc(C#N)c1C(C)(C)C. The molecule has 3 aromatic rings. The molecule has 6 heteroatoms. The Morgan fingerprint density at radius 2 is 1.77 bits per heavy atom. The summed E-state index contributed by atoms with van der Waals surface area (Å²) in [5, 5.41) is 8.77. The van der Waals surface area contributed by atoms with E-state index in [0.29, 0.717) is 5.69 Å². The number of nitriles is 1. The maximum absolute atomic E-state index is 8.77. The number of fused-ring (bicyclic) bond motifs is 1. The third kappa shape index (κ3) is 6.32. The fourth-order valence-corrected chi connectivity index (χ4v) is 2.33. The highest BCUT2D eigenvalue weighted by atomic mass is 15.0. The third-order valence-electron chi connectivity index (χ3n) is 3.16. The van der Waals surface area contributed by atoms with E-state index in [1.165, 1.54) is 0 Å². The molecule has 0 saturated carbocycles. The average Bonchev–Trinajstić information content (AvgIpc) is 3.12. The number of rotatable bonds is 0. The molecule has 0 fully saturated rings. The summed E-state index contributed by atoms with van der Waals surface area (Å²) in [5.74, 6) is 0.833. The van der Waals surface area contributed by atoms with Crippen molar-refractivity contribution in [2.45, 2.75) is 53.9 Å². The molecule has 0 aromatic carbocycles. The van der Waals surface area contributed by atoms with Crippen molar-refractivity contribution in [3.05, 3.63) is 41.9 Å². The Balaban J connectivity index is 0.000000219. The van der Waals surface area contributed by atoms with Gasteiger partial charge in [-0.25, -0.2) is 15.0 Å². The quantitative estimate of drug-likeness (QED) is 0.643. The summed E-state index contributed by atoms with van der Waals surface area (Å²) in [6.07, 6.45) is 5.14. The molecular formula is C20H30N6. The predicted molar refractivity (Wildman–Crippen MR) is 106 cm³/mol. The van der Waals surface area contributed by atoms with Crippen molar-refractivity contribution in [1.29, 1.82) is 5.26 Å². The number of imidazole rings is 2. The highest BCUT2D eigenvalue weighted by Gasteiger charge is 2.22. The minimum absolute atomic E-state index is 0.0175. The van der Waals surface area contributed by atoms with Gasteiger partial charge in [0, 0.05) is 18.7 Å². The molecule has 6 nitrogen and oxygen atoms in total. The van der Waals surface area contributed by atoms with Crippen molar-refractivity contribution in [2.75, 3.05) is 0 Å². The molecule has 3 aromatic heterocycles. The number of nitrogens with one attached hydrogen (secondary N) is 1. The van der Waals surface area contributed by atoms with E-state index in [9.17, 15) is 0 Å². The van der Waals surface area contributed by atoms with Gasteiger partial charge >= 0.3 is 0 Å². The van der Waals surface area contributed by atoms with E-state index in [1.54, 1.807) is 12.7 Å². The van der Waals surface area contributed by atoms with Crippen molar-refractivity contribution in [3.63, 3.8) is 0 Å². The normalized spacial score (nSPS) is 10.6. The Morgan fingerprint density at radius 1 is 1.15 bits per heavy atom. The van der Waals surface area contributed by atoms with Crippen LogP contribution in [-0.4, -0.2) is 24.5 Å². The summed E-state index contributed by atoms with van der Waals surface area (Å²) < 4.78 is 1.90. The fraction of sp³-hybridized carbons (Fsp3) is 0.500. The summed E-state index contributed by atoms with van der Waals surface area (Å²) >= 11 is 0. The van der Waals surface area contributed by atoms with Crippen LogP contribution in [-0.2, 0) is 12.5 Å². The zero-order valence-electron chi connectivity index (χ0n) is 17.1. The van der Waals surface area contributed by atoms with Crippen molar-refractivity contribution >= 4 is 11.2 Å². The van der Waals surface area contributed by atoms with Crippen molar-refractivity contribution < 1.29 is 0 Å². The highest BCUT2D eigenvalue weighted by molar-refractivity contribution is 5.69. The minimum atomic E-state index is -0.0175. The van der Waals surface area contributed by atoms with Gasteiger partial charge in [-0.15, -0.1) is 0 Å². The summed E-state index contributed by atoms with van der Waals surface area (Å²) in [4.78, 5) is 15.1. The van der Waals surface area contributed by atoms with Gasteiger partial charge in [0.1, 0.15) is 6.07 Å². The summed E-state index contributed by atoms with van der Waals surface area (Å²) in [6, 6.07) is 4.11. The van der Waals surface area contributed by atoms with Crippen LogP contribution >= 0.6 is 0 Å². The van der Waals surface area contributed by atoms with E-state index in [-0.39, 0.29) is 5.41 Å². The number of pyridine rings is 1. The third-order valence-corrected chi connectivity index (χ3v) is 3.16. The number of aryl methyl sites for hydroxylation is 2. The van der Waals surface area contributed by atoms with Gasteiger partial charge in [-0.1, -0.05) is 41.5 Å². The second-order valence-corrected chi connectivity index (χ2v) is 7.93. The Labute approximate surface area is 156 Å². The van der Waals surface area contributed by atoms with Gasteiger partial charge in [0.05, 0.1) is 23.9 Å². The molecule has 0 unspecified atom stereocenters. The number of H-pyrrole nitrogens is 1. The van der Waals surface area contributed by atoms with Gasteiger partial charge in [-0.2, -0.15) is 5.26 Å². The molecule has 3 heterocycles. The van der Waals surface area contributed by atoms with Crippen LogP contribution in [0.1, 0.15) is 58.5 Å². The van der Waals surface area contributed by atoms with Gasteiger partial charge < -0.3 is 9.55 Å². The van der Waals surface area contributed by atoms with Gasteiger partial charge in [0.2, 0.25) is 0 Å². The van der Waals surface area contributed by atoms with Crippen molar-refractivity contribution in [2.24, 2.45) is 13.0 Å². The second-order valence-electron chi connectivity index (χ2n) is 7.93. The summed E-state index contributed by atoms with van der Waals surface area (Å²) in [5.41, 5.74) is 4.44. The minimum Gasteiger partial charge on any atom is -0.343 e. The smallest absolute Gasteiger partial charge is 0.177 e. The van der Waals surface area contributed by atoms with Gasteiger partial charge in [0.15, 0.2) is 11.3 Å². The molecule has 0 amide bonds. The first kappa shape index (κ1) is 21.4. The Hall–Kier alpha value is -2.68. The van der Waals surface area contributed by atoms with E-state index in [1.807, 2.05) is 30.8 Å². The zero-order valence-corrected chi connectivity index (χ0v) is 17.1. The number of aromatic amines is 1. The van der Waals surface area contributed by atoms with Crippen LogP contribution in [0.15, 0.2) is 24.9 Å². The monoisotopic (exact) mass is 354 g/mol. The Bertz CT molecular complexity index is 856. The van der Waals surface area contributed by atoms with Crippen molar-refractivity contribution in [1.82, 2.24) is 24.5 Å².